The van der Waals surface area contributed by atoms with Gasteiger partial charge in [-0.25, -0.2) is 8.42 Å². The lowest BCUT2D eigenvalue weighted by atomic mass is 10.1. The van der Waals surface area contributed by atoms with E-state index in [1.165, 1.54) is 11.2 Å². The molecule has 1 aliphatic rings. The summed E-state index contributed by atoms with van der Waals surface area (Å²) >= 11 is 0. The second kappa shape index (κ2) is 7.18. The van der Waals surface area contributed by atoms with Crippen LogP contribution in [0.4, 0.5) is 11.4 Å². The smallest absolute Gasteiger partial charge is 0.235 e. The molecule has 26 heavy (non-hydrogen) atoms. The molecule has 0 radical (unpaired) electrons. The molecule has 0 aliphatic carbocycles. The van der Waals surface area contributed by atoms with Crippen LogP contribution in [-0.4, -0.2) is 26.5 Å². The van der Waals surface area contributed by atoms with E-state index in [0.717, 1.165) is 5.56 Å². The van der Waals surface area contributed by atoms with E-state index < -0.39 is 10.0 Å². The van der Waals surface area contributed by atoms with Crippen molar-refractivity contribution >= 4 is 27.2 Å². The Bertz CT molecular complexity index is 993. The number of nitrogens with zero attached hydrogens (tertiary/aromatic N) is 2. The number of Topliss-reactive ketones (excluding diaryl/α,β-unsaturated/α-hetero) is 1. The molecule has 2 aromatic rings. The second-order valence-electron chi connectivity index (χ2n) is 6.19. The molecular weight excluding hydrogens is 350 g/mol. The number of rotatable bonds is 5. The van der Waals surface area contributed by atoms with Gasteiger partial charge in [0.05, 0.1) is 23.1 Å². The number of nitriles is 1. The van der Waals surface area contributed by atoms with Gasteiger partial charge in [0, 0.05) is 24.3 Å². The zero-order valence-corrected chi connectivity index (χ0v) is 15.2. The Morgan fingerprint density at radius 1 is 1.27 bits per heavy atom. The normalized spacial score (nSPS) is 15.5. The van der Waals surface area contributed by atoms with Crippen LogP contribution in [-0.2, 0) is 16.6 Å². The van der Waals surface area contributed by atoms with Gasteiger partial charge in [0.2, 0.25) is 10.0 Å². The van der Waals surface area contributed by atoms with Gasteiger partial charge in [0.15, 0.2) is 5.78 Å². The molecule has 6 nitrogen and oxygen atoms in total. The van der Waals surface area contributed by atoms with Gasteiger partial charge in [0.25, 0.3) is 0 Å². The van der Waals surface area contributed by atoms with E-state index in [1.54, 1.807) is 24.3 Å². The van der Waals surface area contributed by atoms with Crippen LogP contribution in [0.1, 0.15) is 34.8 Å². The lowest BCUT2D eigenvalue weighted by molar-refractivity contribution is 0.101. The monoisotopic (exact) mass is 369 g/mol. The van der Waals surface area contributed by atoms with Crippen molar-refractivity contribution in [3.8, 4) is 6.07 Å². The summed E-state index contributed by atoms with van der Waals surface area (Å²) < 4.78 is 25.6. The molecule has 3 rings (SSSR count). The van der Waals surface area contributed by atoms with Gasteiger partial charge in [-0.3, -0.25) is 9.10 Å². The lowest BCUT2D eigenvalue weighted by Crippen LogP contribution is -2.25. The van der Waals surface area contributed by atoms with Gasteiger partial charge in [-0.15, -0.1) is 0 Å². The van der Waals surface area contributed by atoms with Crippen molar-refractivity contribution in [2.75, 3.05) is 21.9 Å². The fourth-order valence-corrected chi connectivity index (χ4v) is 4.57. The highest BCUT2D eigenvalue weighted by Gasteiger charge is 2.28. The first-order valence-corrected chi connectivity index (χ1v) is 9.90. The number of nitrogens with one attached hydrogen (secondary N) is 1. The average molecular weight is 369 g/mol. The highest BCUT2D eigenvalue weighted by atomic mass is 32.2. The van der Waals surface area contributed by atoms with Gasteiger partial charge in [-0.05, 0) is 49.2 Å². The second-order valence-corrected chi connectivity index (χ2v) is 8.21. The highest BCUT2D eigenvalue weighted by Crippen LogP contribution is 2.25. The highest BCUT2D eigenvalue weighted by molar-refractivity contribution is 7.93. The molecule has 0 spiro atoms. The Labute approximate surface area is 153 Å². The number of hydrogen-bond donors (Lipinski definition) is 1. The first-order valence-electron chi connectivity index (χ1n) is 8.29. The molecule has 0 atom stereocenters. The summed E-state index contributed by atoms with van der Waals surface area (Å²) in [4.78, 5) is 11.8. The van der Waals surface area contributed by atoms with Crippen molar-refractivity contribution in [2.24, 2.45) is 0 Å². The zero-order valence-electron chi connectivity index (χ0n) is 14.4. The summed E-state index contributed by atoms with van der Waals surface area (Å²) in [6.07, 6.45) is 0.633. The van der Waals surface area contributed by atoms with E-state index in [4.69, 9.17) is 5.26 Å². The Morgan fingerprint density at radius 3 is 2.73 bits per heavy atom. The van der Waals surface area contributed by atoms with Crippen LogP contribution in [0.15, 0.2) is 42.5 Å². The van der Waals surface area contributed by atoms with Gasteiger partial charge in [-0.1, -0.05) is 12.1 Å². The number of sulfonamides is 1. The molecule has 0 unspecified atom stereocenters. The topological polar surface area (TPSA) is 90.3 Å². The Kier molecular flexibility index (Phi) is 4.96. The van der Waals surface area contributed by atoms with E-state index >= 15 is 0 Å². The summed E-state index contributed by atoms with van der Waals surface area (Å²) in [5, 5.41) is 12.2. The van der Waals surface area contributed by atoms with E-state index in [2.05, 4.69) is 11.4 Å². The largest absolute Gasteiger partial charge is 0.380 e. The average Bonchev–Trinajstić information content (AvgIpc) is 2.99. The van der Waals surface area contributed by atoms with Crippen molar-refractivity contribution in [1.82, 2.24) is 0 Å². The lowest BCUT2D eigenvalue weighted by Gasteiger charge is -2.18. The minimum atomic E-state index is -3.22. The minimum absolute atomic E-state index is 0.0890. The van der Waals surface area contributed by atoms with Gasteiger partial charge in [0.1, 0.15) is 0 Å². The number of ketones is 1. The first kappa shape index (κ1) is 18.0. The Hall–Kier alpha value is -2.85. The first-order chi connectivity index (χ1) is 12.4. The molecule has 0 saturated carbocycles. The van der Waals surface area contributed by atoms with Gasteiger partial charge < -0.3 is 5.32 Å². The molecule has 134 valence electrons. The number of hydrogen-bond acceptors (Lipinski definition) is 5. The van der Waals surface area contributed by atoms with Crippen LogP contribution >= 0.6 is 0 Å². The minimum Gasteiger partial charge on any atom is -0.380 e. The van der Waals surface area contributed by atoms with Gasteiger partial charge in [-0.2, -0.15) is 5.26 Å². The number of anilines is 2. The van der Waals surface area contributed by atoms with Crippen molar-refractivity contribution < 1.29 is 13.2 Å². The summed E-state index contributed by atoms with van der Waals surface area (Å²) in [5.74, 6) is 0.0900. The molecule has 1 saturated heterocycles. The van der Waals surface area contributed by atoms with Crippen molar-refractivity contribution in [3.05, 3.63) is 59.2 Å². The summed E-state index contributed by atoms with van der Waals surface area (Å²) in [6, 6.07) is 14.3. The quantitative estimate of drug-likeness (QED) is 0.819. The zero-order chi connectivity index (χ0) is 18.7. The summed E-state index contributed by atoms with van der Waals surface area (Å²) in [6.45, 7) is 2.39. The van der Waals surface area contributed by atoms with E-state index in [-0.39, 0.29) is 11.5 Å². The number of carbonyl (C=O) groups is 1. The maximum absolute atomic E-state index is 12.1. The molecule has 0 bridgehead atoms. The van der Waals surface area contributed by atoms with Crippen molar-refractivity contribution in [3.63, 3.8) is 0 Å². The van der Waals surface area contributed by atoms with Gasteiger partial charge >= 0.3 is 0 Å². The standard InChI is InChI=1S/C19H19N3O3S/c1-14(23)18-7-6-15(12-20)11-19(18)21-13-16-4-2-5-17(10-16)22-8-3-9-26(22,24)25/h2,4-7,10-11,21H,3,8-9,13H2,1H3. The molecule has 0 aromatic heterocycles. The SMILES string of the molecule is CC(=O)c1ccc(C#N)cc1NCc1cccc(N2CCCS2(=O)=O)c1. The predicted octanol–water partition coefficient (Wildman–Crippen LogP) is 2.91. The van der Waals surface area contributed by atoms with E-state index in [0.29, 0.717) is 42.0 Å². The Balaban J connectivity index is 1.82. The van der Waals surface area contributed by atoms with Crippen molar-refractivity contribution in [1.29, 1.82) is 5.26 Å². The Morgan fingerprint density at radius 2 is 2.08 bits per heavy atom. The molecular formula is C19H19N3O3S. The van der Waals surface area contributed by atoms with Crippen LogP contribution in [0.5, 0.6) is 0 Å². The molecule has 1 fully saturated rings. The number of carbonyl (C=O) groups excluding carboxylic acids is 1. The third-order valence-corrected chi connectivity index (χ3v) is 6.18. The number of benzene rings is 2. The van der Waals surface area contributed by atoms with Crippen LogP contribution in [0, 0.1) is 11.3 Å². The third kappa shape index (κ3) is 3.70. The maximum atomic E-state index is 12.1. The van der Waals surface area contributed by atoms with Crippen molar-refractivity contribution in [2.45, 2.75) is 19.9 Å². The molecule has 1 heterocycles. The third-order valence-electron chi connectivity index (χ3n) is 4.31. The molecule has 0 amide bonds. The van der Waals surface area contributed by atoms with E-state index in [9.17, 15) is 13.2 Å². The fourth-order valence-electron chi connectivity index (χ4n) is 3.02. The summed E-state index contributed by atoms with van der Waals surface area (Å²) in [7, 11) is -3.22. The fraction of sp³-hybridized carbons (Fsp3) is 0.263. The maximum Gasteiger partial charge on any atom is 0.235 e. The van der Waals surface area contributed by atoms with E-state index in [1.807, 2.05) is 18.2 Å². The van der Waals surface area contributed by atoms with Crippen LogP contribution < -0.4 is 9.62 Å². The van der Waals surface area contributed by atoms with Crippen LogP contribution in [0.2, 0.25) is 0 Å². The predicted molar refractivity (Wildman–Crippen MR) is 101 cm³/mol. The van der Waals surface area contributed by atoms with Crippen LogP contribution in [0.25, 0.3) is 0 Å². The molecule has 2 aromatic carbocycles. The molecule has 1 aliphatic heterocycles. The molecule has 1 N–H and O–H groups in total. The van der Waals surface area contributed by atoms with Crippen LogP contribution in [0.3, 0.4) is 0 Å². The summed E-state index contributed by atoms with van der Waals surface area (Å²) in [5.41, 5.74) is 3.12. The molecule has 7 heteroatoms.